The van der Waals surface area contributed by atoms with Crippen LogP contribution >= 0.6 is 0 Å². The molecule has 4 nitrogen and oxygen atoms in total. The molecular weight excluding hydrogens is 281 g/mol. The van der Waals surface area contributed by atoms with Gasteiger partial charge in [-0.1, -0.05) is 12.8 Å². The van der Waals surface area contributed by atoms with Crippen molar-refractivity contribution in [2.75, 3.05) is 13.2 Å². The highest BCUT2D eigenvalue weighted by atomic mass is 32.2. The maximum Gasteiger partial charge on any atom is 0.243 e. The Hall–Kier alpha value is -0.980. The molecular formula is C14H20FNO3S. The van der Waals surface area contributed by atoms with Crippen molar-refractivity contribution in [3.63, 3.8) is 0 Å². The minimum absolute atomic E-state index is 0.124. The number of nitrogens with zero attached hydrogens (tertiary/aromatic N) is 1. The first-order valence-corrected chi connectivity index (χ1v) is 8.29. The summed E-state index contributed by atoms with van der Waals surface area (Å²) in [4.78, 5) is 0.124. The normalized spacial score (nSPS) is 21.6. The molecule has 0 amide bonds. The lowest BCUT2D eigenvalue weighted by atomic mass is 10.1. The van der Waals surface area contributed by atoms with Crippen molar-refractivity contribution in [3.8, 4) is 0 Å². The number of hydrogen-bond acceptors (Lipinski definition) is 3. The van der Waals surface area contributed by atoms with Crippen LogP contribution in [0.2, 0.25) is 0 Å². The summed E-state index contributed by atoms with van der Waals surface area (Å²) >= 11 is 0. The topological polar surface area (TPSA) is 57.6 Å². The summed E-state index contributed by atoms with van der Waals surface area (Å²) in [5.74, 6) is -0.448. The Balaban J connectivity index is 2.41. The van der Waals surface area contributed by atoms with E-state index in [0.29, 0.717) is 18.5 Å². The third-order valence-corrected chi connectivity index (χ3v) is 5.87. The Morgan fingerprint density at radius 2 is 2.10 bits per heavy atom. The highest BCUT2D eigenvalue weighted by Crippen LogP contribution is 2.26. The molecule has 1 atom stereocenters. The number of halogens is 1. The minimum Gasteiger partial charge on any atom is -0.395 e. The quantitative estimate of drug-likeness (QED) is 0.929. The van der Waals surface area contributed by atoms with Gasteiger partial charge in [0.05, 0.1) is 11.5 Å². The number of aliphatic hydroxyl groups excluding tert-OH is 1. The first-order valence-electron chi connectivity index (χ1n) is 6.85. The van der Waals surface area contributed by atoms with Crippen LogP contribution in [-0.2, 0) is 10.0 Å². The van der Waals surface area contributed by atoms with Crippen LogP contribution < -0.4 is 0 Å². The summed E-state index contributed by atoms with van der Waals surface area (Å²) in [6.45, 7) is 1.81. The van der Waals surface area contributed by atoms with E-state index in [1.165, 1.54) is 16.4 Å². The second-order valence-electron chi connectivity index (χ2n) is 5.21. The summed E-state index contributed by atoms with van der Waals surface area (Å²) in [6, 6.07) is 3.30. The molecule has 1 aromatic rings. The molecule has 1 N–H and O–H groups in total. The van der Waals surface area contributed by atoms with E-state index >= 15 is 0 Å². The van der Waals surface area contributed by atoms with Crippen molar-refractivity contribution in [1.29, 1.82) is 0 Å². The highest BCUT2D eigenvalue weighted by molar-refractivity contribution is 7.89. The van der Waals surface area contributed by atoms with Gasteiger partial charge >= 0.3 is 0 Å². The maximum atomic E-state index is 13.1. The number of aryl methyl sites for hydroxylation is 1. The molecule has 0 bridgehead atoms. The van der Waals surface area contributed by atoms with Gasteiger partial charge in [0.15, 0.2) is 0 Å². The molecule has 1 aliphatic heterocycles. The van der Waals surface area contributed by atoms with Crippen LogP contribution in [0, 0.1) is 12.7 Å². The van der Waals surface area contributed by atoms with Crippen molar-refractivity contribution >= 4 is 10.0 Å². The van der Waals surface area contributed by atoms with E-state index in [2.05, 4.69) is 0 Å². The number of sulfonamides is 1. The third kappa shape index (κ3) is 3.02. The van der Waals surface area contributed by atoms with Gasteiger partial charge in [-0.2, -0.15) is 4.31 Å². The van der Waals surface area contributed by atoms with E-state index in [1.807, 2.05) is 0 Å². The van der Waals surface area contributed by atoms with Gasteiger partial charge in [-0.3, -0.25) is 0 Å². The molecule has 2 rings (SSSR count). The predicted molar refractivity (Wildman–Crippen MR) is 74.4 cm³/mol. The summed E-state index contributed by atoms with van der Waals surface area (Å²) in [7, 11) is -3.69. The summed E-state index contributed by atoms with van der Waals surface area (Å²) in [5.41, 5.74) is 0.394. The van der Waals surface area contributed by atoms with E-state index in [1.54, 1.807) is 6.92 Å². The lowest BCUT2D eigenvalue weighted by molar-refractivity contribution is 0.186. The smallest absolute Gasteiger partial charge is 0.243 e. The summed E-state index contributed by atoms with van der Waals surface area (Å²) < 4.78 is 40.0. The molecule has 0 saturated carbocycles. The second kappa shape index (κ2) is 6.20. The van der Waals surface area contributed by atoms with Gasteiger partial charge in [-0.15, -0.1) is 0 Å². The van der Waals surface area contributed by atoms with Crippen molar-refractivity contribution in [3.05, 3.63) is 29.6 Å². The molecule has 6 heteroatoms. The minimum atomic E-state index is -3.69. The van der Waals surface area contributed by atoms with Gasteiger partial charge in [0, 0.05) is 12.6 Å². The van der Waals surface area contributed by atoms with Crippen LogP contribution in [0.3, 0.4) is 0 Å². The third-order valence-electron chi connectivity index (χ3n) is 3.76. The summed E-state index contributed by atoms with van der Waals surface area (Å²) in [5, 5.41) is 9.44. The predicted octanol–water partition coefficient (Wildman–Crippen LogP) is 2.06. The molecule has 0 aromatic heterocycles. The first kappa shape index (κ1) is 15.4. The lowest BCUT2D eigenvalue weighted by Gasteiger charge is -2.28. The molecule has 1 saturated heterocycles. The standard InChI is InChI=1S/C14H20FNO3S/c1-11-9-12(15)6-7-14(11)20(18,19)16-8-4-2-3-5-13(16)10-17/h6-7,9,13,17H,2-5,8,10H2,1H3. The first-order chi connectivity index (χ1) is 9.46. The Labute approximate surface area is 119 Å². The molecule has 1 heterocycles. The fourth-order valence-corrected chi connectivity index (χ4v) is 4.57. The van der Waals surface area contributed by atoms with Crippen LogP contribution in [0.25, 0.3) is 0 Å². The van der Waals surface area contributed by atoms with Crippen molar-refractivity contribution < 1.29 is 17.9 Å². The van der Waals surface area contributed by atoms with Crippen LogP contribution in [0.4, 0.5) is 4.39 Å². The van der Waals surface area contributed by atoms with Crippen LogP contribution in [0.1, 0.15) is 31.2 Å². The average molecular weight is 301 g/mol. The Bertz CT molecular complexity index is 574. The molecule has 1 aromatic carbocycles. The zero-order chi connectivity index (χ0) is 14.8. The Morgan fingerprint density at radius 1 is 1.35 bits per heavy atom. The molecule has 1 fully saturated rings. The van der Waals surface area contributed by atoms with Crippen molar-refractivity contribution in [2.45, 2.75) is 43.5 Å². The van der Waals surface area contributed by atoms with E-state index in [4.69, 9.17) is 0 Å². The van der Waals surface area contributed by atoms with Crippen LogP contribution in [-0.4, -0.2) is 37.0 Å². The van der Waals surface area contributed by atoms with Crippen LogP contribution in [0.15, 0.2) is 23.1 Å². The zero-order valence-electron chi connectivity index (χ0n) is 11.5. The molecule has 1 aliphatic rings. The zero-order valence-corrected chi connectivity index (χ0v) is 12.4. The highest BCUT2D eigenvalue weighted by Gasteiger charge is 2.32. The molecule has 112 valence electrons. The average Bonchev–Trinajstić information content (AvgIpc) is 2.63. The second-order valence-corrected chi connectivity index (χ2v) is 7.07. The number of aliphatic hydroxyl groups is 1. The van der Waals surface area contributed by atoms with Gasteiger partial charge in [0.2, 0.25) is 10.0 Å². The molecule has 0 spiro atoms. The number of rotatable bonds is 3. The largest absolute Gasteiger partial charge is 0.395 e. The molecule has 20 heavy (non-hydrogen) atoms. The SMILES string of the molecule is Cc1cc(F)ccc1S(=O)(=O)N1CCCCCC1CO. The van der Waals surface area contributed by atoms with Crippen LogP contribution in [0.5, 0.6) is 0 Å². The van der Waals surface area contributed by atoms with Gasteiger partial charge in [-0.05, 0) is 43.5 Å². The fourth-order valence-electron chi connectivity index (χ4n) is 2.68. The van der Waals surface area contributed by atoms with Gasteiger partial charge in [-0.25, -0.2) is 12.8 Å². The van der Waals surface area contributed by atoms with E-state index in [-0.39, 0.29) is 17.5 Å². The maximum absolute atomic E-state index is 13.1. The summed E-state index contributed by atoms with van der Waals surface area (Å²) in [6.07, 6.45) is 3.33. The van der Waals surface area contributed by atoms with Gasteiger partial charge in [0.25, 0.3) is 0 Å². The molecule has 0 radical (unpaired) electrons. The monoisotopic (exact) mass is 301 g/mol. The number of benzene rings is 1. The fraction of sp³-hybridized carbons (Fsp3) is 0.571. The number of hydrogen-bond donors (Lipinski definition) is 1. The van der Waals surface area contributed by atoms with Crippen molar-refractivity contribution in [1.82, 2.24) is 4.31 Å². The van der Waals surface area contributed by atoms with E-state index in [9.17, 15) is 17.9 Å². The van der Waals surface area contributed by atoms with Gasteiger partial charge in [0.1, 0.15) is 5.82 Å². The molecule has 1 unspecified atom stereocenters. The van der Waals surface area contributed by atoms with Gasteiger partial charge < -0.3 is 5.11 Å². The van der Waals surface area contributed by atoms with Crippen molar-refractivity contribution in [2.24, 2.45) is 0 Å². The van der Waals surface area contributed by atoms with E-state index in [0.717, 1.165) is 25.3 Å². The Kier molecular flexibility index (Phi) is 4.78. The lowest BCUT2D eigenvalue weighted by Crippen LogP contribution is -2.42. The van der Waals surface area contributed by atoms with E-state index < -0.39 is 15.8 Å². The Morgan fingerprint density at radius 3 is 2.75 bits per heavy atom. The molecule has 0 aliphatic carbocycles.